The zero-order valence-corrected chi connectivity index (χ0v) is 9.63. The molecule has 15 heavy (non-hydrogen) atoms. The fourth-order valence-electron chi connectivity index (χ4n) is 3.41. The van der Waals surface area contributed by atoms with Crippen LogP contribution in [-0.4, -0.2) is 5.78 Å². The van der Waals surface area contributed by atoms with Crippen molar-refractivity contribution in [1.29, 1.82) is 0 Å². The summed E-state index contributed by atoms with van der Waals surface area (Å²) in [6.45, 7) is 0. The molecule has 1 aromatic rings. The summed E-state index contributed by atoms with van der Waals surface area (Å²) in [5.41, 5.74) is 0.933. The molecule has 0 spiro atoms. The van der Waals surface area contributed by atoms with Crippen molar-refractivity contribution >= 4 is 17.1 Å². The molecule has 3 atom stereocenters. The Morgan fingerprint density at radius 1 is 1.40 bits per heavy atom. The number of carbonyl (C=O) groups excluding carboxylic acids is 1. The maximum atomic E-state index is 11.9. The van der Waals surface area contributed by atoms with Crippen molar-refractivity contribution in [1.82, 2.24) is 0 Å². The van der Waals surface area contributed by atoms with Gasteiger partial charge in [-0.3, -0.25) is 4.79 Å². The van der Waals surface area contributed by atoms with Crippen molar-refractivity contribution in [3.05, 3.63) is 22.4 Å². The molecule has 2 fully saturated rings. The highest BCUT2D eigenvalue weighted by Gasteiger charge is 2.40. The lowest BCUT2D eigenvalue weighted by Crippen LogP contribution is -2.14. The largest absolute Gasteiger partial charge is 0.294 e. The van der Waals surface area contributed by atoms with E-state index in [0.29, 0.717) is 11.7 Å². The number of hydrogen-bond acceptors (Lipinski definition) is 2. The van der Waals surface area contributed by atoms with E-state index in [1.54, 1.807) is 11.3 Å². The highest BCUT2D eigenvalue weighted by atomic mass is 32.1. The number of carbonyl (C=O) groups is 1. The minimum Gasteiger partial charge on any atom is -0.294 e. The lowest BCUT2D eigenvalue weighted by atomic mass is 9.84. The van der Waals surface area contributed by atoms with Crippen LogP contribution < -0.4 is 0 Å². The zero-order chi connectivity index (χ0) is 10.3. The second kappa shape index (κ2) is 3.75. The molecule has 0 amide bonds. The van der Waals surface area contributed by atoms with Crippen molar-refractivity contribution in [2.45, 2.75) is 32.1 Å². The van der Waals surface area contributed by atoms with Crippen LogP contribution in [0.15, 0.2) is 16.8 Å². The molecule has 2 bridgehead atoms. The van der Waals surface area contributed by atoms with E-state index in [4.69, 9.17) is 0 Å². The summed E-state index contributed by atoms with van der Waals surface area (Å²) in [6.07, 6.45) is 6.33. The first-order valence-electron chi connectivity index (χ1n) is 5.88. The SMILES string of the molecule is O=C(CC1CC2CCC1C2)c1ccsc1. The molecule has 1 aromatic heterocycles. The highest BCUT2D eigenvalue weighted by molar-refractivity contribution is 7.08. The van der Waals surface area contributed by atoms with E-state index in [9.17, 15) is 4.79 Å². The van der Waals surface area contributed by atoms with E-state index in [1.165, 1.54) is 25.7 Å². The average molecular weight is 220 g/mol. The van der Waals surface area contributed by atoms with Crippen molar-refractivity contribution < 1.29 is 4.79 Å². The molecule has 2 heteroatoms. The van der Waals surface area contributed by atoms with Gasteiger partial charge in [0, 0.05) is 17.4 Å². The van der Waals surface area contributed by atoms with E-state index >= 15 is 0 Å². The van der Waals surface area contributed by atoms with Gasteiger partial charge in [0.05, 0.1) is 0 Å². The lowest BCUT2D eigenvalue weighted by Gasteiger charge is -2.20. The number of thiophene rings is 1. The third kappa shape index (κ3) is 1.76. The van der Waals surface area contributed by atoms with Crippen LogP contribution >= 0.6 is 11.3 Å². The van der Waals surface area contributed by atoms with Gasteiger partial charge in [-0.1, -0.05) is 6.42 Å². The smallest absolute Gasteiger partial charge is 0.163 e. The van der Waals surface area contributed by atoms with Crippen molar-refractivity contribution in [2.24, 2.45) is 17.8 Å². The van der Waals surface area contributed by atoms with Gasteiger partial charge in [-0.05, 0) is 48.5 Å². The molecule has 1 heterocycles. The molecule has 2 aliphatic carbocycles. The standard InChI is InChI=1S/C13H16OS/c14-13(11-3-4-15-8-11)7-12-6-9-1-2-10(12)5-9/h3-4,8-10,12H,1-2,5-7H2. The molecular weight excluding hydrogens is 204 g/mol. The van der Waals surface area contributed by atoms with Crippen LogP contribution in [0.4, 0.5) is 0 Å². The second-order valence-electron chi connectivity index (χ2n) is 5.07. The Morgan fingerprint density at radius 2 is 2.33 bits per heavy atom. The molecule has 0 aromatic carbocycles. The first-order valence-corrected chi connectivity index (χ1v) is 6.82. The fraction of sp³-hybridized carbons (Fsp3) is 0.615. The van der Waals surface area contributed by atoms with Crippen LogP contribution in [0.3, 0.4) is 0 Å². The first-order chi connectivity index (χ1) is 7.33. The number of fused-ring (bicyclic) bond motifs is 2. The van der Waals surface area contributed by atoms with Crippen LogP contribution in [0.1, 0.15) is 42.5 Å². The molecule has 2 aliphatic rings. The summed E-state index contributed by atoms with van der Waals surface area (Å²) in [5, 5.41) is 3.98. The Labute approximate surface area is 94.5 Å². The third-order valence-electron chi connectivity index (χ3n) is 4.18. The van der Waals surface area contributed by atoms with Crippen LogP contribution in [0.25, 0.3) is 0 Å². The summed E-state index contributed by atoms with van der Waals surface area (Å²) in [6, 6.07) is 1.96. The molecule has 0 radical (unpaired) electrons. The predicted octanol–water partition coefficient (Wildman–Crippen LogP) is 3.76. The molecule has 0 saturated heterocycles. The number of Topliss-reactive ketones (excluding diaryl/α,β-unsaturated/α-hetero) is 1. The number of hydrogen-bond donors (Lipinski definition) is 0. The Balaban J connectivity index is 1.64. The van der Waals surface area contributed by atoms with Gasteiger partial charge in [0.15, 0.2) is 5.78 Å². The monoisotopic (exact) mass is 220 g/mol. The molecule has 2 saturated carbocycles. The van der Waals surface area contributed by atoms with Gasteiger partial charge >= 0.3 is 0 Å². The predicted molar refractivity (Wildman–Crippen MR) is 62.2 cm³/mol. The van der Waals surface area contributed by atoms with Crippen molar-refractivity contribution in [3.8, 4) is 0 Å². The van der Waals surface area contributed by atoms with Crippen LogP contribution in [0, 0.1) is 17.8 Å². The second-order valence-corrected chi connectivity index (χ2v) is 5.85. The molecule has 3 unspecified atom stereocenters. The van der Waals surface area contributed by atoms with Gasteiger partial charge in [0.1, 0.15) is 0 Å². The van der Waals surface area contributed by atoms with Gasteiger partial charge in [-0.2, -0.15) is 11.3 Å². The lowest BCUT2D eigenvalue weighted by molar-refractivity contribution is 0.0945. The molecular formula is C13H16OS. The Morgan fingerprint density at radius 3 is 2.93 bits per heavy atom. The minimum absolute atomic E-state index is 0.369. The van der Waals surface area contributed by atoms with Crippen molar-refractivity contribution in [2.75, 3.05) is 0 Å². The zero-order valence-electron chi connectivity index (χ0n) is 8.82. The van der Waals surface area contributed by atoms with Crippen LogP contribution in [0.2, 0.25) is 0 Å². The number of rotatable bonds is 3. The third-order valence-corrected chi connectivity index (χ3v) is 4.86. The maximum Gasteiger partial charge on any atom is 0.163 e. The minimum atomic E-state index is 0.369. The van der Waals surface area contributed by atoms with Gasteiger partial charge in [0.25, 0.3) is 0 Å². The summed E-state index contributed by atoms with van der Waals surface area (Å²) in [4.78, 5) is 11.9. The Bertz CT molecular complexity index is 355. The van der Waals surface area contributed by atoms with Gasteiger partial charge in [-0.15, -0.1) is 0 Å². The Kier molecular flexibility index (Phi) is 2.39. The summed E-state index contributed by atoms with van der Waals surface area (Å²) in [5.74, 6) is 2.90. The normalized spacial score (nSPS) is 33.5. The summed E-state index contributed by atoms with van der Waals surface area (Å²) < 4.78 is 0. The van der Waals surface area contributed by atoms with Crippen LogP contribution in [0.5, 0.6) is 0 Å². The molecule has 80 valence electrons. The van der Waals surface area contributed by atoms with E-state index in [2.05, 4.69) is 0 Å². The van der Waals surface area contributed by atoms with E-state index in [1.807, 2.05) is 16.8 Å². The van der Waals surface area contributed by atoms with E-state index in [0.717, 1.165) is 23.8 Å². The van der Waals surface area contributed by atoms with E-state index < -0.39 is 0 Å². The number of ketones is 1. The molecule has 0 aliphatic heterocycles. The summed E-state index contributed by atoms with van der Waals surface area (Å²) >= 11 is 1.62. The van der Waals surface area contributed by atoms with Crippen molar-refractivity contribution in [3.63, 3.8) is 0 Å². The Hall–Kier alpha value is -0.630. The fourth-order valence-corrected chi connectivity index (χ4v) is 4.07. The topological polar surface area (TPSA) is 17.1 Å². The van der Waals surface area contributed by atoms with Gasteiger partial charge < -0.3 is 0 Å². The maximum absolute atomic E-state index is 11.9. The first kappa shape index (κ1) is 9.59. The van der Waals surface area contributed by atoms with Gasteiger partial charge in [-0.25, -0.2) is 0 Å². The highest BCUT2D eigenvalue weighted by Crippen LogP contribution is 2.49. The van der Waals surface area contributed by atoms with E-state index in [-0.39, 0.29) is 0 Å². The molecule has 3 rings (SSSR count). The average Bonchev–Trinajstić information content (AvgIpc) is 2.95. The summed E-state index contributed by atoms with van der Waals surface area (Å²) in [7, 11) is 0. The quantitative estimate of drug-likeness (QED) is 0.709. The van der Waals surface area contributed by atoms with Crippen LogP contribution in [-0.2, 0) is 0 Å². The van der Waals surface area contributed by atoms with Gasteiger partial charge in [0.2, 0.25) is 0 Å². The molecule has 1 nitrogen and oxygen atoms in total. The molecule has 0 N–H and O–H groups in total.